The van der Waals surface area contributed by atoms with Gasteiger partial charge in [-0.1, -0.05) is 74.8 Å². The molecular formula is C29H45NO2S. The molecule has 2 rings (SSSR count). The topological polar surface area (TPSA) is 37.4 Å². The summed E-state index contributed by atoms with van der Waals surface area (Å²) in [6, 6.07) is 15.1. The highest BCUT2D eigenvalue weighted by Gasteiger charge is 2.09. The number of rotatable bonds is 9. The van der Waals surface area contributed by atoms with Gasteiger partial charge in [-0.25, -0.2) is 0 Å². The molecule has 0 saturated heterocycles. The van der Waals surface area contributed by atoms with Crippen LogP contribution >= 0.6 is 11.8 Å². The van der Waals surface area contributed by atoms with Crippen molar-refractivity contribution in [3.05, 3.63) is 59.2 Å². The van der Waals surface area contributed by atoms with Crippen molar-refractivity contribution in [1.29, 1.82) is 0 Å². The molecule has 0 radical (unpaired) electrons. The number of amides is 1. The molecule has 0 unspecified atom stereocenters. The van der Waals surface area contributed by atoms with E-state index in [1.807, 2.05) is 16.7 Å². The average Bonchev–Trinajstić information content (AvgIpc) is 2.75. The summed E-state index contributed by atoms with van der Waals surface area (Å²) in [5.41, 5.74) is 4.02. The van der Waals surface area contributed by atoms with Gasteiger partial charge in [-0.05, 0) is 77.1 Å². The van der Waals surface area contributed by atoms with Crippen LogP contribution in [0, 0.1) is 20.8 Å². The molecule has 1 amide bonds. The molecule has 0 heterocycles. The van der Waals surface area contributed by atoms with Gasteiger partial charge < -0.3 is 9.69 Å². The second-order valence-corrected chi connectivity index (χ2v) is 9.61. The Kier molecular flexibility index (Phi) is 17.2. The summed E-state index contributed by atoms with van der Waals surface area (Å²) < 4.78 is 0. The molecule has 4 heteroatoms. The number of nitrogens with zero attached hydrogens (tertiary/aromatic N) is 1. The zero-order valence-corrected chi connectivity index (χ0v) is 23.0. The van der Waals surface area contributed by atoms with Gasteiger partial charge in [0.1, 0.15) is 5.78 Å². The molecule has 0 aliphatic rings. The standard InChI is InChI=1S/C15H16S.C11H23NO.C3H6O/c1-11-8-9-15(13(3)10-11)16-14-7-5-4-6-12(14)2;1-4-7-8-11(13)12(9-5-2)10-6-3;1-3(2)4/h4-10H,1-3H3;4-10H2,1-3H3;1-2H3. The Labute approximate surface area is 207 Å². The monoisotopic (exact) mass is 471 g/mol. The first kappa shape index (κ1) is 30.9. The normalized spacial score (nSPS) is 9.82. The third-order valence-corrected chi connectivity index (χ3v) is 6.08. The van der Waals surface area contributed by atoms with Gasteiger partial charge in [0.15, 0.2) is 0 Å². The van der Waals surface area contributed by atoms with Crippen LogP contribution in [0.2, 0.25) is 0 Å². The Hall–Kier alpha value is -2.07. The molecule has 0 spiro atoms. The van der Waals surface area contributed by atoms with E-state index in [-0.39, 0.29) is 5.78 Å². The molecule has 3 nitrogen and oxygen atoms in total. The van der Waals surface area contributed by atoms with Crippen LogP contribution in [0.4, 0.5) is 0 Å². The number of hydrogen-bond acceptors (Lipinski definition) is 3. The number of carbonyl (C=O) groups is 2. The van der Waals surface area contributed by atoms with Crippen LogP contribution in [-0.2, 0) is 9.59 Å². The Morgan fingerprint density at radius 1 is 0.788 bits per heavy atom. The predicted octanol–water partition coefficient (Wildman–Crippen LogP) is 8.18. The van der Waals surface area contributed by atoms with Gasteiger partial charge in [-0.2, -0.15) is 0 Å². The SMILES string of the molecule is CC(C)=O.CCCCC(=O)N(CCC)CCC.Cc1ccc(Sc2ccccc2C)c(C)c1. The maximum atomic E-state index is 11.6. The maximum Gasteiger partial charge on any atom is 0.222 e. The van der Waals surface area contributed by atoms with E-state index in [4.69, 9.17) is 0 Å². The lowest BCUT2D eigenvalue weighted by Gasteiger charge is -2.21. The molecule has 2 aromatic carbocycles. The Morgan fingerprint density at radius 2 is 1.33 bits per heavy atom. The van der Waals surface area contributed by atoms with E-state index < -0.39 is 0 Å². The Bertz CT molecular complexity index is 822. The Balaban J connectivity index is 0.000000545. The summed E-state index contributed by atoms with van der Waals surface area (Å²) >= 11 is 1.85. The third-order valence-electron chi connectivity index (χ3n) is 4.73. The molecule has 0 atom stereocenters. The summed E-state index contributed by atoms with van der Waals surface area (Å²) in [6.07, 6.45) is 5.01. The van der Waals surface area contributed by atoms with Crippen molar-refractivity contribution in [3.63, 3.8) is 0 Å². The molecule has 0 fully saturated rings. The molecule has 33 heavy (non-hydrogen) atoms. The molecule has 0 saturated carbocycles. The lowest BCUT2D eigenvalue weighted by molar-refractivity contribution is -0.131. The van der Waals surface area contributed by atoms with Crippen LogP contribution < -0.4 is 0 Å². The second-order valence-electron chi connectivity index (χ2n) is 8.53. The van der Waals surface area contributed by atoms with Crippen LogP contribution in [0.3, 0.4) is 0 Å². The first-order valence-corrected chi connectivity index (χ1v) is 13.0. The fraction of sp³-hybridized carbons (Fsp3) is 0.517. The summed E-state index contributed by atoms with van der Waals surface area (Å²) in [5, 5.41) is 0. The number of Topliss-reactive ketones (excluding diaryl/α,β-unsaturated/α-hetero) is 1. The van der Waals surface area contributed by atoms with E-state index in [1.165, 1.54) is 40.3 Å². The first-order valence-electron chi connectivity index (χ1n) is 12.2. The highest BCUT2D eigenvalue weighted by atomic mass is 32.2. The molecular weight excluding hydrogens is 426 g/mol. The van der Waals surface area contributed by atoms with Crippen molar-refractivity contribution in [2.24, 2.45) is 0 Å². The maximum absolute atomic E-state index is 11.6. The zero-order chi connectivity index (χ0) is 25.2. The van der Waals surface area contributed by atoms with Crippen molar-refractivity contribution < 1.29 is 9.59 Å². The van der Waals surface area contributed by atoms with Gasteiger partial charge >= 0.3 is 0 Å². The number of hydrogen-bond donors (Lipinski definition) is 0. The highest BCUT2D eigenvalue weighted by Crippen LogP contribution is 2.32. The van der Waals surface area contributed by atoms with Gasteiger partial charge in [0, 0.05) is 29.3 Å². The van der Waals surface area contributed by atoms with Gasteiger partial charge in [-0.3, -0.25) is 4.79 Å². The van der Waals surface area contributed by atoms with Crippen molar-refractivity contribution in [1.82, 2.24) is 4.90 Å². The number of benzene rings is 2. The minimum absolute atomic E-state index is 0.167. The molecule has 0 aliphatic carbocycles. The minimum Gasteiger partial charge on any atom is -0.343 e. The average molecular weight is 472 g/mol. The van der Waals surface area contributed by atoms with Crippen molar-refractivity contribution in [2.45, 2.75) is 97.3 Å². The van der Waals surface area contributed by atoms with Crippen LogP contribution in [0.15, 0.2) is 52.3 Å². The fourth-order valence-corrected chi connectivity index (χ4v) is 4.06. The second kappa shape index (κ2) is 18.4. The smallest absolute Gasteiger partial charge is 0.222 e. The van der Waals surface area contributed by atoms with Crippen LogP contribution in [0.5, 0.6) is 0 Å². The lowest BCUT2D eigenvalue weighted by atomic mass is 10.2. The van der Waals surface area contributed by atoms with Crippen molar-refractivity contribution in [3.8, 4) is 0 Å². The number of aryl methyl sites for hydroxylation is 3. The van der Waals surface area contributed by atoms with E-state index in [9.17, 15) is 9.59 Å². The molecule has 0 aromatic heterocycles. The van der Waals surface area contributed by atoms with Crippen LogP contribution in [0.25, 0.3) is 0 Å². The molecule has 0 N–H and O–H groups in total. The largest absolute Gasteiger partial charge is 0.343 e. The van der Waals surface area contributed by atoms with Crippen LogP contribution in [-0.4, -0.2) is 29.7 Å². The molecule has 184 valence electrons. The lowest BCUT2D eigenvalue weighted by Crippen LogP contribution is -2.32. The Morgan fingerprint density at radius 3 is 1.82 bits per heavy atom. The van der Waals surface area contributed by atoms with Gasteiger partial charge in [0.25, 0.3) is 0 Å². The van der Waals surface area contributed by atoms with E-state index >= 15 is 0 Å². The number of carbonyl (C=O) groups excluding carboxylic acids is 2. The van der Waals surface area contributed by atoms with E-state index in [2.05, 4.69) is 84.0 Å². The van der Waals surface area contributed by atoms with E-state index in [0.717, 1.165) is 45.2 Å². The molecule has 2 aromatic rings. The van der Waals surface area contributed by atoms with E-state index in [0.29, 0.717) is 5.91 Å². The predicted molar refractivity (Wildman–Crippen MR) is 144 cm³/mol. The summed E-state index contributed by atoms with van der Waals surface area (Å²) in [7, 11) is 0. The van der Waals surface area contributed by atoms with E-state index in [1.54, 1.807) is 0 Å². The van der Waals surface area contributed by atoms with Crippen molar-refractivity contribution >= 4 is 23.5 Å². The zero-order valence-electron chi connectivity index (χ0n) is 22.2. The van der Waals surface area contributed by atoms with Gasteiger partial charge in [0.2, 0.25) is 5.91 Å². The number of unbranched alkanes of at least 4 members (excludes halogenated alkanes) is 1. The van der Waals surface area contributed by atoms with Gasteiger partial charge in [-0.15, -0.1) is 0 Å². The van der Waals surface area contributed by atoms with Crippen LogP contribution in [0.1, 0.15) is 83.4 Å². The first-order chi connectivity index (χ1) is 15.7. The van der Waals surface area contributed by atoms with Gasteiger partial charge in [0.05, 0.1) is 0 Å². The third kappa shape index (κ3) is 14.6. The summed E-state index contributed by atoms with van der Waals surface area (Å²) in [6.45, 7) is 17.7. The quantitative estimate of drug-likeness (QED) is 0.370. The number of ketones is 1. The summed E-state index contributed by atoms with van der Waals surface area (Å²) in [4.78, 5) is 25.7. The highest BCUT2D eigenvalue weighted by molar-refractivity contribution is 7.99. The minimum atomic E-state index is 0.167. The summed E-state index contributed by atoms with van der Waals surface area (Å²) in [5.74, 6) is 0.505. The molecule has 0 bridgehead atoms. The van der Waals surface area contributed by atoms with Crippen molar-refractivity contribution in [2.75, 3.05) is 13.1 Å². The fourth-order valence-electron chi connectivity index (χ4n) is 3.09. The molecule has 0 aliphatic heterocycles.